The van der Waals surface area contributed by atoms with Gasteiger partial charge in [0.25, 0.3) is 0 Å². The number of hydrogen-bond donors (Lipinski definition) is 3. The molecule has 3 N–H and O–H groups in total. The van der Waals surface area contributed by atoms with Crippen molar-refractivity contribution in [3.63, 3.8) is 0 Å². The number of Topliss-reactive ketones (excluding diaryl/α,β-unsaturated/α-hetero) is 1. The van der Waals surface area contributed by atoms with E-state index in [0.717, 1.165) is 18.4 Å². The van der Waals surface area contributed by atoms with E-state index in [1.165, 1.54) is 6.92 Å². The van der Waals surface area contributed by atoms with Crippen molar-refractivity contribution < 1.29 is 19.2 Å². The minimum atomic E-state index is -0.675. The first kappa shape index (κ1) is 24.3. The number of unbranched alkanes of at least 4 members (excludes halogenated alkanes) is 1. The molecule has 160 valence electrons. The predicted molar refractivity (Wildman–Crippen MR) is 112 cm³/mol. The molecule has 0 heterocycles. The van der Waals surface area contributed by atoms with Gasteiger partial charge in [0.15, 0.2) is 5.78 Å². The molecule has 7 nitrogen and oxygen atoms in total. The van der Waals surface area contributed by atoms with Gasteiger partial charge in [-0.25, -0.2) is 0 Å². The molecule has 0 aliphatic rings. The first-order chi connectivity index (χ1) is 13.7. The molecule has 0 aliphatic heterocycles. The molecule has 29 heavy (non-hydrogen) atoms. The molecule has 0 saturated heterocycles. The fourth-order valence-corrected chi connectivity index (χ4v) is 2.70. The van der Waals surface area contributed by atoms with Crippen LogP contribution in [0.2, 0.25) is 0 Å². The number of rotatable bonds is 12. The van der Waals surface area contributed by atoms with Crippen LogP contribution in [0.15, 0.2) is 30.3 Å². The van der Waals surface area contributed by atoms with E-state index in [0.29, 0.717) is 12.8 Å². The summed E-state index contributed by atoms with van der Waals surface area (Å²) in [6, 6.07) is 8.07. The van der Waals surface area contributed by atoms with Crippen molar-refractivity contribution in [2.24, 2.45) is 5.92 Å². The Morgan fingerprint density at radius 2 is 1.59 bits per heavy atom. The van der Waals surface area contributed by atoms with E-state index in [1.807, 2.05) is 37.3 Å². The molecule has 1 rings (SSSR count). The van der Waals surface area contributed by atoms with Crippen LogP contribution in [-0.4, -0.2) is 42.1 Å². The summed E-state index contributed by atoms with van der Waals surface area (Å²) in [5.74, 6) is -1.43. The molecule has 1 aromatic rings. The topological polar surface area (TPSA) is 104 Å². The third-order valence-electron chi connectivity index (χ3n) is 4.54. The van der Waals surface area contributed by atoms with E-state index in [1.54, 1.807) is 13.8 Å². The van der Waals surface area contributed by atoms with Crippen molar-refractivity contribution in [3.05, 3.63) is 35.9 Å². The molecular formula is C22H33N3O4. The second kappa shape index (κ2) is 12.7. The molecule has 0 bridgehead atoms. The Balaban J connectivity index is 2.60. The molecule has 0 fully saturated rings. The van der Waals surface area contributed by atoms with Gasteiger partial charge >= 0.3 is 0 Å². The molecule has 3 amide bonds. The highest BCUT2D eigenvalue weighted by molar-refractivity contribution is 5.92. The molecule has 0 spiro atoms. The standard InChI is InChI=1S/C22H33N3O4/c1-5-6-12-18(25-21(28)15(2)3)22(29)23-14-20(27)24-19(16(4)26)13-17-10-8-7-9-11-17/h7-11,15,18-19H,5-6,12-14H2,1-4H3,(H,23,29)(H,24,27)(H,25,28)/t18-,19-/m0/s1. The van der Waals surface area contributed by atoms with E-state index in [2.05, 4.69) is 16.0 Å². The highest BCUT2D eigenvalue weighted by Gasteiger charge is 2.23. The quantitative estimate of drug-likeness (QED) is 0.494. The maximum Gasteiger partial charge on any atom is 0.243 e. The van der Waals surface area contributed by atoms with Gasteiger partial charge in [-0.2, -0.15) is 0 Å². The van der Waals surface area contributed by atoms with Crippen LogP contribution in [0.25, 0.3) is 0 Å². The molecule has 1 aromatic carbocycles. The summed E-state index contributed by atoms with van der Waals surface area (Å²) >= 11 is 0. The Hall–Kier alpha value is -2.70. The van der Waals surface area contributed by atoms with Crippen LogP contribution in [0, 0.1) is 5.92 Å². The Labute approximate surface area is 173 Å². The molecule has 0 radical (unpaired) electrons. The van der Waals surface area contributed by atoms with Crippen LogP contribution in [0.4, 0.5) is 0 Å². The fraction of sp³-hybridized carbons (Fsp3) is 0.545. The third-order valence-corrected chi connectivity index (χ3v) is 4.54. The zero-order valence-electron chi connectivity index (χ0n) is 17.8. The van der Waals surface area contributed by atoms with E-state index in [9.17, 15) is 19.2 Å². The average Bonchev–Trinajstić information content (AvgIpc) is 2.69. The van der Waals surface area contributed by atoms with Gasteiger partial charge in [-0.15, -0.1) is 0 Å². The third kappa shape index (κ3) is 9.36. The van der Waals surface area contributed by atoms with E-state index >= 15 is 0 Å². The van der Waals surface area contributed by atoms with Gasteiger partial charge in [-0.1, -0.05) is 63.9 Å². The summed E-state index contributed by atoms with van der Waals surface area (Å²) in [6.07, 6.45) is 2.57. The van der Waals surface area contributed by atoms with Gasteiger partial charge < -0.3 is 16.0 Å². The number of carbonyl (C=O) groups excluding carboxylic acids is 4. The minimum absolute atomic E-state index is 0.154. The lowest BCUT2D eigenvalue weighted by atomic mass is 10.0. The smallest absolute Gasteiger partial charge is 0.243 e. The molecular weight excluding hydrogens is 370 g/mol. The first-order valence-electron chi connectivity index (χ1n) is 10.2. The predicted octanol–water partition coefficient (Wildman–Crippen LogP) is 1.75. The zero-order valence-corrected chi connectivity index (χ0v) is 17.8. The van der Waals surface area contributed by atoms with Crippen molar-refractivity contribution in [1.29, 1.82) is 0 Å². The highest BCUT2D eigenvalue weighted by atomic mass is 16.2. The zero-order chi connectivity index (χ0) is 21.8. The molecule has 0 aliphatic carbocycles. The Morgan fingerprint density at radius 1 is 0.931 bits per heavy atom. The summed E-state index contributed by atoms with van der Waals surface area (Å²) in [5, 5.41) is 7.97. The summed E-state index contributed by atoms with van der Waals surface area (Å²) in [4.78, 5) is 48.5. The number of hydrogen-bond acceptors (Lipinski definition) is 4. The highest BCUT2D eigenvalue weighted by Crippen LogP contribution is 2.05. The summed E-state index contributed by atoms with van der Waals surface area (Å²) in [5.41, 5.74) is 0.938. The van der Waals surface area contributed by atoms with Gasteiger partial charge in [-0.3, -0.25) is 19.2 Å². The maximum atomic E-state index is 12.4. The average molecular weight is 404 g/mol. The van der Waals surface area contributed by atoms with Crippen LogP contribution < -0.4 is 16.0 Å². The normalized spacial score (nSPS) is 12.7. The first-order valence-corrected chi connectivity index (χ1v) is 10.2. The van der Waals surface area contributed by atoms with E-state index in [-0.39, 0.29) is 24.2 Å². The monoisotopic (exact) mass is 403 g/mol. The summed E-state index contributed by atoms with van der Waals surface area (Å²) in [6.45, 7) is 6.69. The number of benzene rings is 1. The fourth-order valence-electron chi connectivity index (χ4n) is 2.70. The number of ketones is 1. The lowest BCUT2D eigenvalue weighted by Crippen LogP contribution is -2.51. The summed E-state index contributed by atoms with van der Waals surface area (Å²) < 4.78 is 0. The van der Waals surface area contributed by atoms with Crippen LogP contribution >= 0.6 is 0 Å². The van der Waals surface area contributed by atoms with Crippen molar-refractivity contribution in [1.82, 2.24) is 16.0 Å². The second-order valence-corrected chi connectivity index (χ2v) is 7.50. The van der Waals surface area contributed by atoms with Gasteiger partial charge in [0, 0.05) is 5.92 Å². The Morgan fingerprint density at radius 3 is 2.14 bits per heavy atom. The summed E-state index contributed by atoms with van der Waals surface area (Å²) in [7, 11) is 0. The molecule has 0 saturated carbocycles. The second-order valence-electron chi connectivity index (χ2n) is 7.50. The number of carbonyl (C=O) groups is 4. The molecule has 0 aromatic heterocycles. The van der Waals surface area contributed by atoms with E-state index < -0.39 is 23.9 Å². The molecule has 2 atom stereocenters. The largest absolute Gasteiger partial charge is 0.345 e. The van der Waals surface area contributed by atoms with Gasteiger partial charge in [-0.05, 0) is 25.3 Å². The van der Waals surface area contributed by atoms with Crippen molar-refractivity contribution in [2.75, 3.05) is 6.54 Å². The maximum absolute atomic E-state index is 12.4. The Bertz CT molecular complexity index is 689. The lowest BCUT2D eigenvalue weighted by Gasteiger charge is -2.20. The number of nitrogens with one attached hydrogen (secondary N) is 3. The lowest BCUT2D eigenvalue weighted by molar-refractivity contribution is -0.132. The van der Waals surface area contributed by atoms with Crippen LogP contribution in [0.1, 0.15) is 52.5 Å². The van der Waals surface area contributed by atoms with Crippen molar-refractivity contribution >= 4 is 23.5 Å². The van der Waals surface area contributed by atoms with Gasteiger partial charge in [0.05, 0.1) is 12.6 Å². The Kier molecular flexibility index (Phi) is 10.7. The minimum Gasteiger partial charge on any atom is -0.345 e. The molecule has 7 heteroatoms. The van der Waals surface area contributed by atoms with Crippen LogP contribution in [0.5, 0.6) is 0 Å². The van der Waals surface area contributed by atoms with Gasteiger partial charge in [0.2, 0.25) is 17.7 Å². The van der Waals surface area contributed by atoms with Crippen molar-refractivity contribution in [3.8, 4) is 0 Å². The molecule has 0 unspecified atom stereocenters. The van der Waals surface area contributed by atoms with Crippen molar-refractivity contribution in [2.45, 2.75) is 65.5 Å². The number of amides is 3. The van der Waals surface area contributed by atoms with Crippen LogP contribution in [-0.2, 0) is 25.6 Å². The van der Waals surface area contributed by atoms with Crippen LogP contribution in [0.3, 0.4) is 0 Å². The van der Waals surface area contributed by atoms with Gasteiger partial charge in [0.1, 0.15) is 6.04 Å². The SMILES string of the molecule is CCCC[C@H](NC(=O)C(C)C)C(=O)NCC(=O)N[C@@H](Cc1ccccc1)C(C)=O. The van der Waals surface area contributed by atoms with E-state index in [4.69, 9.17) is 0 Å².